The van der Waals surface area contributed by atoms with Gasteiger partial charge < -0.3 is 5.32 Å². The molecule has 0 aliphatic heterocycles. The summed E-state index contributed by atoms with van der Waals surface area (Å²) in [5, 5.41) is 7.21. The number of hydrogen-bond donors (Lipinski definition) is 1. The molecule has 6 heteroatoms. The molecule has 0 aliphatic carbocycles. The van der Waals surface area contributed by atoms with Crippen molar-refractivity contribution >= 4 is 28.1 Å². The topological polar surface area (TPSA) is 67.8 Å². The minimum Gasteiger partial charge on any atom is -0.356 e. The Morgan fingerprint density at radius 3 is 2.79 bits per heavy atom. The van der Waals surface area contributed by atoms with Gasteiger partial charge in [0.2, 0.25) is 5.91 Å². The number of fused-ring (bicyclic) bond motifs is 1. The number of carbonyl (C=O) groups is 1. The maximum atomic E-state index is 12.3. The van der Waals surface area contributed by atoms with Gasteiger partial charge in [0.1, 0.15) is 0 Å². The molecule has 1 N–H and O–H groups in total. The molecule has 4 aromatic rings. The standard InChI is InChI=1S/C22H20N4OS/c27-20(14-18-5-1-4-17-6-2-11-25-22(17)18)24-10-3-7-21-26-19(15-28-21)16-8-12-23-13-9-16/h1-2,4-6,8-9,11-13,15H,3,7,10,14H2,(H,24,27). The smallest absolute Gasteiger partial charge is 0.224 e. The number of aryl methyl sites for hydroxylation is 1. The van der Waals surface area contributed by atoms with E-state index in [0.717, 1.165) is 45.6 Å². The fourth-order valence-electron chi connectivity index (χ4n) is 3.09. The molecular weight excluding hydrogens is 368 g/mol. The molecule has 0 atom stereocenters. The van der Waals surface area contributed by atoms with Crippen LogP contribution in [0, 0.1) is 0 Å². The molecule has 0 radical (unpaired) electrons. The Bertz CT molecular complexity index is 1070. The van der Waals surface area contributed by atoms with E-state index in [1.165, 1.54) is 0 Å². The summed E-state index contributed by atoms with van der Waals surface area (Å²) in [4.78, 5) is 25.4. The van der Waals surface area contributed by atoms with Crippen molar-refractivity contribution in [2.24, 2.45) is 0 Å². The van der Waals surface area contributed by atoms with Crippen LogP contribution in [0.15, 0.2) is 66.4 Å². The summed E-state index contributed by atoms with van der Waals surface area (Å²) in [7, 11) is 0. The zero-order valence-electron chi connectivity index (χ0n) is 15.3. The SMILES string of the molecule is O=C(Cc1cccc2cccnc12)NCCCc1nc(-c2ccncc2)cs1. The molecule has 0 bridgehead atoms. The van der Waals surface area contributed by atoms with E-state index in [9.17, 15) is 4.79 Å². The number of nitrogens with zero attached hydrogens (tertiary/aromatic N) is 3. The number of carbonyl (C=O) groups excluding carboxylic acids is 1. The monoisotopic (exact) mass is 388 g/mol. The molecule has 1 aromatic carbocycles. The van der Waals surface area contributed by atoms with E-state index in [2.05, 4.69) is 25.6 Å². The first-order valence-electron chi connectivity index (χ1n) is 9.24. The summed E-state index contributed by atoms with van der Waals surface area (Å²) in [6.07, 6.45) is 7.37. The van der Waals surface area contributed by atoms with Gasteiger partial charge in [0, 0.05) is 47.9 Å². The highest BCUT2D eigenvalue weighted by molar-refractivity contribution is 7.09. The van der Waals surface area contributed by atoms with Crippen molar-refractivity contribution in [3.8, 4) is 11.3 Å². The molecule has 4 rings (SSSR count). The van der Waals surface area contributed by atoms with E-state index in [1.807, 2.05) is 42.5 Å². The van der Waals surface area contributed by atoms with Gasteiger partial charge >= 0.3 is 0 Å². The minimum atomic E-state index is 0.0229. The Morgan fingerprint density at radius 1 is 1.04 bits per heavy atom. The van der Waals surface area contributed by atoms with Crippen LogP contribution in [0.25, 0.3) is 22.2 Å². The first-order chi connectivity index (χ1) is 13.8. The molecular formula is C22H20N4OS. The molecule has 0 saturated carbocycles. The quantitative estimate of drug-likeness (QED) is 0.485. The second kappa shape index (κ2) is 8.71. The fourth-order valence-corrected chi connectivity index (χ4v) is 3.94. The number of rotatable bonds is 7. The van der Waals surface area contributed by atoms with Crippen LogP contribution >= 0.6 is 11.3 Å². The van der Waals surface area contributed by atoms with Crippen molar-refractivity contribution in [2.45, 2.75) is 19.3 Å². The molecule has 0 fully saturated rings. The minimum absolute atomic E-state index is 0.0229. The molecule has 28 heavy (non-hydrogen) atoms. The Kier molecular flexibility index (Phi) is 5.68. The van der Waals surface area contributed by atoms with Crippen molar-refractivity contribution in [3.05, 3.63) is 77.0 Å². The maximum absolute atomic E-state index is 12.3. The Hall–Kier alpha value is -3.12. The van der Waals surface area contributed by atoms with Crippen LogP contribution in [-0.4, -0.2) is 27.4 Å². The van der Waals surface area contributed by atoms with Gasteiger partial charge in [-0.15, -0.1) is 11.3 Å². The van der Waals surface area contributed by atoms with Crippen LogP contribution in [0.2, 0.25) is 0 Å². The van der Waals surface area contributed by atoms with E-state index in [4.69, 9.17) is 0 Å². The van der Waals surface area contributed by atoms with E-state index in [0.29, 0.717) is 13.0 Å². The van der Waals surface area contributed by atoms with Gasteiger partial charge in [-0.05, 0) is 30.2 Å². The number of benzene rings is 1. The zero-order valence-corrected chi connectivity index (χ0v) is 16.2. The normalized spacial score (nSPS) is 10.9. The summed E-state index contributed by atoms with van der Waals surface area (Å²) in [6.45, 7) is 0.640. The third-order valence-electron chi connectivity index (χ3n) is 4.48. The predicted octanol–water partition coefficient (Wildman–Crippen LogP) is 4.04. The molecule has 0 unspecified atom stereocenters. The molecule has 0 saturated heterocycles. The zero-order chi connectivity index (χ0) is 19.2. The number of para-hydroxylation sites is 1. The molecule has 140 valence electrons. The van der Waals surface area contributed by atoms with E-state index in [-0.39, 0.29) is 5.91 Å². The Morgan fingerprint density at radius 2 is 1.89 bits per heavy atom. The van der Waals surface area contributed by atoms with Crippen LogP contribution in [0.3, 0.4) is 0 Å². The van der Waals surface area contributed by atoms with Gasteiger partial charge in [-0.3, -0.25) is 14.8 Å². The van der Waals surface area contributed by atoms with Gasteiger partial charge in [0.15, 0.2) is 0 Å². The number of thiazole rings is 1. The second-order valence-electron chi connectivity index (χ2n) is 6.48. The predicted molar refractivity (Wildman–Crippen MR) is 112 cm³/mol. The number of pyridine rings is 2. The van der Waals surface area contributed by atoms with Gasteiger partial charge in [-0.2, -0.15) is 0 Å². The van der Waals surface area contributed by atoms with Crippen LogP contribution in [0.4, 0.5) is 0 Å². The van der Waals surface area contributed by atoms with Crippen molar-refractivity contribution in [1.82, 2.24) is 20.3 Å². The highest BCUT2D eigenvalue weighted by Crippen LogP contribution is 2.21. The van der Waals surface area contributed by atoms with Crippen LogP contribution < -0.4 is 5.32 Å². The number of aromatic nitrogens is 3. The van der Waals surface area contributed by atoms with Crippen molar-refractivity contribution in [1.29, 1.82) is 0 Å². The lowest BCUT2D eigenvalue weighted by atomic mass is 10.1. The average molecular weight is 388 g/mol. The summed E-state index contributed by atoms with van der Waals surface area (Å²) in [6, 6.07) is 13.8. The number of nitrogens with one attached hydrogen (secondary N) is 1. The third kappa shape index (κ3) is 4.40. The summed E-state index contributed by atoms with van der Waals surface area (Å²) < 4.78 is 0. The number of amides is 1. The molecule has 1 amide bonds. The maximum Gasteiger partial charge on any atom is 0.224 e. The molecule has 0 aliphatic rings. The van der Waals surface area contributed by atoms with Crippen molar-refractivity contribution in [3.63, 3.8) is 0 Å². The number of hydrogen-bond acceptors (Lipinski definition) is 5. The van der Waals surface area contributed by atoms with Crippen LogP contribution in [0.1, 0.15) is 17.0 Å². The average Bonchev–Trinajstić information content (AvgIpc) is 3.21. The lowest BCUT2D eigenvalue weighted by Gasteiger charge is -2.07. The molecule has 3 heterocycles. The molecule has 5 nitrogen and oxygen atoms in total. The Balaban J connectivity index is 1.26. The first-order valence-corrected chi connectivity index (χ1v) is 10.1. The molecule has 3 aromatic heterocycles. The first kappa shape index (κ1) is 18.3. The third-order valence-corrected chi connectivity index (χ3v) is 5.39. The van der Waals surface area contributed by atoms with Gasteiger partial charge in [-0.25, -0.2) is 4.98 Å². The van der Waals surface area contributed by atoms with Crippen molar-refractivity contribution in [2.75, 3.05) is 6.54 Å². The van der Waals surface area contributed by atoms with Gasteiger partial charge in [-0.1, -0.05) is 24.3 Å². The van der Waals surface area contributed by atoms with Crippen LogP contribution in [-0.2, 0) is 17.6 Å². The lowest BCUT2D eigenvalue weighted by molar-refractivity contribution is -0.120. The summed E-state index contributed by atoms with van der Waals surface area (Å²) in [5.74, 6) is 0.0229. The second-order valence-corrected chi connectivity index (χ2v) is 7.43. The summed E-state index contributed by atoms with van der Waals surface area (Å²) >= 11 is 1.65. The van der Waals surface area contributed by atoms with E-state index < -0.39 is 0 Å². The summed E-state index contributed by atoms with van der Waals surface area (Å²) in [5.41, 5.74) is 3.91. The largest absolute Gasteiger partial charge is 0.356 e. The fraction of sp³-hybridized carbons (Fsp3) is 0.182. The highest BCUT2D eigenvalue weighted by atomic mass is 32.1. The van der Waals surface area contributed by atoms with Crippen molar-refractivity contribution < 1.29 is 4.79 Å². The molecule has 0 spiro atoms. The highest BCUT2D eigenvalue weighted by Gasteiger charge is 2.08. The van der Waals surface area contributed by atoms with Crippen LogP contribution in [0.5, 0.6) is 0 Å². The van der Waals surface area contributed by atoms with Gasteiger partial charge in [0.05, 0.1) is 22.6 Å². The van der Waals surface area contributed by atoms with E-state index >= 15 is 0 Å². The van der Waals surface area contributed by atoms with E-state index in [1.54, 1.807) is 29.9 Å². The Labute approximate surface area is 167 Å². The lowest BCUT2D eigenvalue weighted by Crippen LogP contribution is -2.26. The van der Waals surface area contributed by atoms with Gasteiger partial charge in [0.25, 0.3) is 0 Å².